The Morgan fingerprint density at radius 1 is 0.972 bits per heavy atom. The van der Waals surface area contributed by atoms with Crippen molar-refractivity contribution in [2.75, 3.05) is 17.4 Å². The number of carbonyl (C=O) groups excluding carboxylic acids is 2. The molecule has 9 heteroatoms. The Hall–Kier alpha value is -3.17. The van der Waals surface area contributed by atoms with Crippen LogP contribution in [0.5, 0.6) is 0 Å². The number of nitrogens with one attached hydrogen (secondary N) is 1. The molecule has 1 atom stereocenters. The zero-order valence-electron chi connectivity index (χ0n) is 20.5. The highest BCUT2D eigenvalue weighted by Gasteiger charge is 2.32. The molecule has 0 saturated carbocycles. The number of likely N-dealkylation sites (N-methyl/N-ethyl adjacent to an activating group) is 1. The van der Waals surface area contributed by atoms with E-state index in [-0.39, 0.29) is 17.3 Å². The van der Waals surface area contributed by atoms with E-state index in [2.05, 4.69) is 21.2 Å². The van der Waals surface area contributed by atoms with Crippen LogP contribution in [-0.2, 0) is 26.2 Å². The molecule has 0 saturated heterocycles. The Morgan fingerprint density at radius 2 is 1.64 bits per heavy atom. The number of anilines is 1. The highest BCUT2D eigenvalue weighted by atomic mass is 79.9. The molecular formula is C27H30BrN3O4S. The van der Waals surface area contributed by atoms with Crippen molar-refractivity contribution < 1.29 is 18.0 Å². The first-order chi connectivity index (χ1) is 17.1. The fraction of sp³-hybridized carbons (Fsp3) is 0.259. The van der Waals surface area contributed by atoms with Crippen molar-refractivity contribution in [3.63, 3.8) is 0 Å². The lowest BCUT2D eigenvalue weighted by atomic mass is 10.1. The minimum absolute atomic E-state index is 0.0792. The minimum atomic E-state index is -4.06. The molecular weight excluding hydrogens is 542 g/mol. The number of benzene rings is 3. The van der Waals surface area contributed by atoms with Crippen LogP contribution in [0.15, 0.2) is 88.2 Å². The van der Waals surface area contributed by atoms with Gasteiger partial charge in [0.15, 0.2) is 0 Å². The van der Waals surface area contributed by atoms with E-state index < -0.39 is 28.5 Å². The molecule has 0 aliphatic heterocycles. The lowest BCUT2D eigenvalue weighted by Gasteiger charge is -2.32. The molecule has 3 rings (SSSR count). The van der Waals surface area contributed by atoms with Crippen molar-refractivity contribution in [3.8, 4) is 0 Å². The molecule has 7 nitrogen and oxygen atoms in total. The van der Waals surface area contributed by atoms with E-state index in [1.54, 1.807) is 50.2 Å². The molecule has 0 bridgehead atoms. The van der Waals surface area contributed by atoms with Gasteiger partial charge >= 0.3 is 0 Å². The molecule has 36 heavy (non-hydrogen) atoms. The molecule has 0 radical (unpaired) electrons. The number of hydrogen-bond acceptors (Lipinski definition) is 4. The fourth-order valence-corrected chi connectivity index (χ4v) is 5.41. The molecule has 0 aliphatic carbocycles. The largest absolute Gasteiger partial charge is 0.355 e. The first-order valence-corrected chi connectivity index (χ1v) is 13.8. The van der Waals surface area contributed by atoms with Crippen LogP contribution in [0.1, 0.15) is 25.0 Å². The van der Waals surface area contributed by atoms with Crippen LogP contribution in [-0.4, -0.2) is 44.3 Å². The predicted octanol–water partition coefficient (Wildman–Crippen LogP) is 4.51. The second-order valence-corrected chi connectivity index (χ2v) is 11.2. The third kappa shape index (κ3) is 6.73. The third-order valence-electron chi connectivity index (χ3n) is 5.68. The summed E-state index contributed by atoms with van der Waals surface area (Å²) in [6.45, 7) is 5.41. The molecule has 0 heterocycles. The van der Waals surface area contributed by atoms with E-state index in [1.165, 1.54) is 17.0 Å². The minimum Gasteiger partial charge on any atom is -0.355 e. The van der Waals surface area contributed by atoms with Crippen molar-refractivity contribution in [2.45, 2.75) is 38.3 Å². The number of hydrogen-bond donors (Lipinski definition) is 1. The third-order valence-corrected chi connectivity index (χ3v) is 8.00. The summed E-state index contributed by atoms with van der Waals surface area (Å²) in [6, 6.07) is 21.6. The van der Waals surface area contributed by atoms with Gasteiger partial charge in [0.05, 0.1) is 10.6 Å². The van der Waals surface area contributed by atoms with Crippen molar-refractivity contribution in [3.05, 3.63) is 94.5 Å². The quantitative estimate of drug-likeness (QED) is 0.388. The smallest absolute Gasteiger partial charge is 0.264 e. The van der Waals surface area contributed by atoms with Crippen molar-refractivity contribution in [2.24, 2.45) is 0 Å². The molecule has 3 aromatic rings. The summed E-state index contributed by atoms with van der Waals surface area (Å²) in [5, 5.41) is 2.75. The lowest BCUT2D eigenvalue weighted by molar-refractivity contribution is -0.139. The zero-order chi connectivity index (χ0) is 26.3. The number of rotatable bonds is 10. The van der Waals surface area contributed by atoms with Crippen molar-refractivity contribution >= 4 is 43.5 Å². The summed E-state index contributed by atoms with van der Waals surface area (Å²) in [4.78, 5) is 27.9. The van der Waals surface area contributed by atoms with Crippen LogP contribution in [0, 0.1) is 6.92 Å². The number of amides is 2. The summed E-state index contributed by atoms with van der Waals surface area (Å²) in [7, 11) is -4.06. The summed E-state index contributed by atoms with van der Waals surface area (Å²) < 4.78 is 29.3. The monoisotopic (exact) mass is 571 g/mol. The second kappa shape index (κ2) is 12.2. The van der Waals surface area contributed by atoms with Gasteiger partial charge in [0.25, 0.3) is 10.0 Å². The molecule has 1 N–H and O–H groups in total. The molecule has 0 fully saturated rings. The van der Waals surface area contributed by atoms with Crippen LogP contribution in [0.4, 0.5) is 5.69 Å². The SMILES string of the molecule is CCNC(=O)[C@@H](C)N(Cc1ccc(Br)cc1)C(=O)CN(c1cccc(C)c1)S(=O)(=O)c1ccccc1. The summed E-state index contributed by atoms with van der Waals surface area (Å²) in [6.07, 6.45) is 0. The van der Waals surface area contributed by atoms with Gasteiger partial charge in [0.1, 0.15) is 12.6 Å². The first kappa shape index (κ1) is 27.4. The Labute approximate surface area is 221 Å². The van der Waals surface area contributed by atoms with Crippen LogP contribution in [0.3, 0.4) is 0 Å². The van der Waals surface area contributed by atoms with Gasteiger partial charge in [0, 0.05) is 17.6 Å². The number of sulfonamides is 1. The number of nitrogens with zero attached hydrogens (tertiary/aromatic N) is 2. The standard InChI is InChI=1S/C27H30BrN3O4S/c1-4-29-27(33)21(3)30(18-22-13-15-23(28)16-14-22)26(32)19-31(24-10-8-9-20(2)17-24)36(34,35)25-11-6-5-7-12-25/h5-17,21H,4,18-19H2,1-3H3,(H,29,33)/t21-/m1/s1. The van der Waals surface area contributed by atoms with Gasteiger partial charge < -0.3 is 10.2 Å². The molecule has 0 aliphatic rings. The average Bonchev–Trinajstić information content (AvgIpc) is 2.87. The second-order valence-electron chi connectivity index (χ2n) is 8.38. The topological polar surface area (TPSA) is 86.8 Å². The predicted molar refractivity (Wildman–Crippen MR) is 145 cm³/mol. The van der Waals surface area contributed by atoms with Gasteiger partial charge in [-0.05, 0) is 68.3 Å². The average molecular weight is 573 g/mol. The molecule has 190 valence electrons. The van der Waals surface area contributed by atoms with Crippen LogP contribution >= 0.6 is 15.9 Å². The molecule has 0 spiro atoms. The van der Waals surface area contributed by atoms with Crippen LogP contribution in [0.2, 0.25) is 0 Å². The normalized spacial score (nSPS) is 12.0. The van der Waals surface area contributed by atoms with E-state index in [9.17, 15) is 18.0 Å². The number of aryl methyl sites for hydroxylation is 1. The van der Waals surface area contributed by atoms with Gasteiger partial charge in [-0.2, -0.15) is 0 Å². The summed E-state index contributed by atoms with van der Waals surface area (Å²) in [5.74, 6) is -0.798. The Kier molecular flexibility index (Phi) is 9.28. The number of halogens is 1. The highest BCUT2D eigenvalue weighted by Crippen LogP contribution is 2.25. The Balaban J connectivity index is 2.01. The lowest BCUT2D eigenvalue weighted by Crippen LogP contribution is -2.51. The van der Waals surface area contributed by atoms with Gasteiger partial charge in [0.2, 0.25) is 11.8 Å². The maximum absolute atomic E-state index is 13.7. The summed E-state index contributed by atoms with van der Waals surface area (Å²) >= 11 is 3.40. The highest BCUT2D eigenvalue weighted by molar-refractivity contribution is 9.10. The molecule has 0 unspecified atom stereocenters. The van der Waals surface area contributed by atoms with Crippen LogP contribution in [0.25, 0.3) is 0 Å². The van der Waals surface area contributed by atoms with Crippen LogP contribution < -0.4 is 9.62 Å². The van der Waals surface area contributed by atoms with Gasteiger partial charge in [-0.15, -0.1) is 0 Å². The Bertz CT molecular complexity index is 1300. The van der Waals surface area contributed by atoms with E-state index in [0.29, 0.717) is 12.2 Å². The fourth-order valence-electron chi connectivity index (χ4n) is 3.72. The zero-order valence-corrected chi connectivity index (χ0v) is 22.9. The molecule has 2 amide bonds. The van der Waals surface area contributed by atoms with E-state index in [4.69, 9.17) is 0 Å². The molecule has 3 aromatic carbocycles. The van der Waals surface area contributed by atoms with Gasteiger partial charge in [-0.3, -0.25) is 13.9 Å². The van der Waals surface area contributed by atoms with E-state index in [0.717, 1.165) is 19.9 Å². The first-order valence-electron chi connectivity index (χ1n) is 11.6. The summed E-state index contributed by atoms with van der Waals surface area (Å²) in [5.41, 5.74) is 2.05. The van der Waals surface area contributed by atoms with Gasteiger partial charge in [-0.1, -0.05) is 58.4 Å². The van der Waals surface area contributed by atoms with Crippen molar-refractivity contribution in [1.82, 2.24) is 10.2 Å². The van der Waals surface area contributed by atoms with E-state index >= 15 is 0 Å². The van der Waals surface area contributed by atoms with Crippen molar-refractivity contribution in [1.29, 1.82) is 0 Å². The Morgan fingerprint density at radius 3 is 2.25 bits per heavy atom. The van der Waals surface area contributed by atoms with Gasteiger partial charge in [-0.25, -0.2) is 8.42 Å². The number of carbonyl (C=O) groups is 2. The maximum Gasteiger partial charge on any atom is 0.264 e. The molecule has 0 aromatic heterocycles. The van der Waals surface area contributed by atoms with E-state index in [1.807, 2.05) is 37.3 Å². The maximum atomic E-state index is 13.7.